The highest BCUT2D eigenvalue weighted by molar-refractivity contribution is 5.28. The van der Waals surface area contributed by atoms with Crippen molar-refractivity contribution in [2.45, 2.75) is 65.1 Å². The molecule has 2 aromatic rings. The monoisotopic (exact) mass is 369 g/mol. The van der Waals surface area contributed by atoms with E-state index in [1.54, 1.807) is 0 Å². The van der Waals surface area contributed by atoms with Crippen LogP contribution in [0.5, 0.6) is 0 Å². The maximum atomic E-state index is 10.2. The Kier molecular flexibility index (Phi) is 7.88. The van der Waals surface area contributed by atoms with Gasteiger partial charge in [-0.3, -0.25) is 0 Å². The molecule has 1 heterocycles. The van der Waals surface area contributed by atoms with Gasteiger partial charge in [-0.25, -0.2) is 0 Å². The van der Waals surface area contributed by atoms with Gasteiger partial charge in [0.15, 0.2) is 0 Å². The first-order valence-electron chi connectivity index (χ1n) is 10.2. The highest BCUT2D eigenvalue weighted by atomic mass is 16.3. The quantitative estimate of drug-likeness (QED) is 0.616. The summed E-state index contributed by atoms with van der Waals surface area (Å²) in [5, 5.41) is 10.2. The normalized spacial score (nSPS) is 14.1. The molecule has 0 aliphatic rings. The summed E-state index contributed by atoms with van der Waals surface area (Å²) in [4.78, 5) is 1.36. The van der Waals surface area contributed by atoms with E-state index >= 15 is 0 Å². The van der Waals surface area contributed by atoms with E-state index in [9.17, 15) is 5.11 Å². The maximum absolute atomic E-state index is 10.2. The number of quaternary nitrogens is 1. The van der Waals surface area contributed by atoms with Gasteiger partial charge in [-0.2, -0.15) is 0 Å². The lowest BCUT2D eigenvalue weighted by molar-refractivity contribution is -0.911. The number of rotatable bonds is 10. The Morgan fingerprint density at radius 1 is 1.19 bits per heavy atom. The van der Waals surface area contributed by atoms with Crippen LogP contribution in [0.15, 0.2) is 55.3 Å². The molecule has 1 aromatic carbocycles. The Bertz CT molecular complexity index is 694. The van der Waals surface area contributed by atoms with E-state index in [-0.39, 0.29) is 11.5 Å². The van der Waals surface area contributed by atoms with Crippen LogP contribution in [-0.2, 0) is 18.5 Å². The molecular formula is C24H37N2O+. The molecule has 2 rings (SSSR count). The van der Waals surface area contributed by atoms with Crippen LogP contribution < -0.4 is 4.90 Å². The predicted molar refractivity (Wildman–Crippen MR) is 114 cm³/mol. The number of aliphatic hydroxyl groups excluding tert-OH is 1. The molecule has 3 nitrogen and oxygen atoms in total. The molecule has 0 saturated carbocycles. The van der Waals surface area contributed by atoms with Crippen molar-refractivity contribution in [2.24, 2.45) is 0 Å². The molecule has 0 aliphatic carbocycles. The van der Waals surface area contributed by atoms with Crippen LogP contribution in [0.25, 0.3) is 0 Å². The number of nitrogens with one attached hydrogen (secondary N) is 1. The molecule has 0 amide bonds. The van der Waals surface area contributed by atoms with E-state index in [0.29, 0.717) is 0 Å². The first-order valence-corrected chi connectivity index (χ1v) is 10.2. The third-order valence-electron chi connectivity index (χ3n) is 5.11. The summed E-state index contributed by atoms with van der Waals surface area (Å²) in [7, 11) is 0. The van der Waals surface area contributed by atoms with Crippen LogP contribution in [0.1, 0.15) is 57.4 Å². The average Bonchev–Trinajstić information content (AvgIpc) is 3.01. The Morgan fingerprint density at radius 3 is 2.48 bits per heavy atom. The van der Waals surface area contributed by atoms with Gasteiger partial charge in [0.05, 0.1) is 12.2 Å². The molecule has 0 fully saturated rings. The van der Waals surface area contributed by atoms with Crippen LogP contribution in [0.3, 0.4) is 0 Å². The summed E-state index contributed by atoms with van der Waals surface area (Å²) in [6, 6.07) is 13.3. The molecule has 1 aromatic heterocycles. The van der Waals surface area contributed by atoms with Gasteiger partial charge in [0, 0.05) is 12.7 Å². The second-order valence-electron chi connectivity index (χ2n) is 8.64. The van der Waals surface area contributed by atoms with E-state index < -0.39 is 0 Å². The molecule has 2 N–H and O–H groups in total. The van der Waals surface area contributed by atoms with Crippen molar-refractivity contribution >= 4 is 0 Å². The lowest BCUT2D eigenvalue weighted by Gasteiger charge is -2.22. The summed E-state index contributed by atoms with van der Waals surface area (Å²) in [5.41, 5.74) is 4.17. The molecular weight excluding hydrogens is 332 g/mol. The topological polar surface area (TPSA) is 29.6 Å². The largest absolute Gasteiger partial charge is 0.387 e. The van der Waals surface area contributed by atoms with Gasteiger partial charge in [0.1, 0.15) is 19.2 Å². The third-order valence-corrected chi connectivity index (χ3v) is 5.11. The molecule has 0 spiro atoms. The maximum Gasteiger partial charge on any atom is 0.118 e. The Labute approximate surface area is 165 Å². The van der Waals surface area contributed by atoms with Gasteiger partial charge in [-0.05, 0) is 41.2 Å². The minimum absolute atomic E-state index is 0.186. The minimum atomic E-state index is -0.238. The molecule has 0 saturated heterocycles. The van der Waals surface area contributed by atoms with Crippen LogP contribution in [0.4, 0.5) is 0 Å². The van der Waals surface area contributed by atoms with Crippen LogP contribution in [0, 0.1) is 0 Å². The number of benzene rings is 1. The van der Waals surface area contributed by atoms with E-state index in [1.165, 1.54) is 21.7 Å². The van der Waals surface area contributed by atoms with Crippen LogP contribution in [-0.4, -0.2) is 28.9 Å². The Morgan fingerprint density at radius 2 is 1.89 bits per heavy atom. The van der Waals surface area contributed by atoms with Crippen molar-refractivity contribution in [3.05, 3.63) is 72.1 Å². The minimum Gasteiger partial charge on any atom is -0.387 e. The first-order chi connectivity index (χ1) is 12.8. The zero-order chi connectivity index (χ0) is 19.9. The van der Waals surface area contributed by atoms with Gasteiger partial charge >= 0.3 is 0 Å². The molecule has 0 bridgehead atoms. The van der Waals surface area contributed by atoms with Gasteiger partial charge in [-0.15, -0.1) is 0 Å². The van der Waals surface area contributed by atoms with Gasteiger partial charge < -0.3 is 14.6 Å². The van der Waals surface area contributed by atoms with Crippen molar-refractivity contribution < 1.29 is 10.0 Å². The molecule has 148 valence electrons. The van der Waals surface area contributed by atoms with Gasteiger partial charge in [0.2, 0.25) is 0 Å². The smallest absolute Gasteiger partial charge is 0.118 e. The first kappa shape index (κ1) is 21.5. The molecule has 3 heteroatoms. The van der Waals surface area contributed by atoms with E-state index in [2.05, 4.69) is 81.4 Å². The summed E-state index contributed by atoms with van der Waals surface area (Å²) in [6.07, 6.45) is 5.75. The number of aromatic nitrogens is 1. The van der Waals surface area contributed by atoms with Crippen molar-refractivity contribution in [1.82, 2.24) is 4.57 Å². The average molecular weight is 370 g/mol. The zero-order valence-electron chi connectivity index (χ0n) is 17.5. The van der Waals surface area contributed by atoms with E-state index in [1.807, 2.05) is 6.08 Å². The van der Waals surface area contributed by atoms with Crippen LogP contribution >= 0.6 is 0 Å². The van der Waals surface area contributed by atoms with Crippen LogP contribution in [0.2, 0.25) is 0 Å². The fourth-order valence-electron chi connectivity index (χ4n) is 3.53. The van der Waals surface area contributed by atoms with Gasteiger partial charge in [-0.1, -0.05) is 65.0 Å². The number of nitrogens with zero attached hydrogens (tertiary/aromatic N) is 1. The molecule has 2 atom stereocenters. The highest BCUT2D eigenvalue weighted by Crippen LogP contribution is 2.22. The Balaban J connectivity index is 2.06. The summed E-state index contributed by atoms with van der Waals surface area (Å²) < 4.78 is 2.32. The molecule has 27 heavy (non-hydrogen) atoms. The second-order valence-corrected chi connectivity index (χ2v) is 8.64. The molecule has 0 aliphatic heterocycles. The summed E-state index contributed by atoms with van der Waals surface area (Å²) >= 11 is 0. The van der Waals surface area contributed by atoms with Crippen molar-refractivity contribution in [3.8, 4) is 0 Å². The lowest BCUT2D eigenvalue weighted by atomic mass is 9.87. The standard InChI is InChI=1S/C24H36N2O/c1-6-9-23(27)19-25(15-7-2)18-22-10-8-16-26(22)17-20-11-13-21(14-12-20)24(3,4)5/h7-8,10-14,16,23,27H,2,6,9,15,17-19H2,1,3-5H3/p+1/t23-/m0/s1. The number of hydrogen-bond donors (Lipinski definition) is 2. The fourth-order valence-corrected chi connectivity index (χ4v) is 3.53. The second kappa shape index (κ2) is 9.91. The number of hydrogen-bond acceptors (Lipinski definition) is 1. The van der Waals surface area contributed by atoms with Crippen molar-refractivity contribution in [3.63, 3.8) is 0 Å². The summed E-state index contributed by atoms with van der Waals surface area (Å²) in [5.74, 6) is 0. The highest BCUT2D eigenvalue weighted by Gasteiger charge is 2.16. The van der Waals surface area contributed by atoms with Crippen molar-refractivity contribution in [2.75, 3.05) is 13.1 Å². The summed E-state index contributed by atoms with van der Waals surface area (Å²) in [6.45, 7) is 16.2. The Hall–Kier alpha value is -1.84. The zero-order valence-corrected chi connectivity index (χ0v) is 17.5. The van der Waals surface area contributed by atoms with Crippen molar-refractivity contribution in [1.29, 1.82) is 0 Å². The fraction of sp³-hybridized carbons (Fsp3) is 0.500. The SMILES string of the molecule is C=CC[NH+](Cc1cccn1Cc1ccc(C(C)(C)C)cc1)C[C@@H](O)CCC. The van der Waals surface area contributed by atoms with E-state index in [0.717, 1.165) is 39.0 Å². The molecule has 0 radical (unpaired) electrons. The third kappa shape index (κ3) is 6.67. The molecule has 1 unspecified atom stereocenters. The predicted octanol–water partition coefficient (Wildman–Crippen LogP) is 3.57. The van der Waals surface area contributed by atoms with E-state index in [4.69, 9.17) is 0 Å². The van der Waals surface area contributed by atoms with Gasteiger partial charge in [0.25, 0.3) is 0 Å². The lowest BCUT2D eigenvalue weighted by Crippen LogP contribution is -3.11. The number of aliphatic hydroxyl groups is 1.